The summed E-state index contributed by atoms with van der Waals surface area (Å²) in [5.41, 5.74) is 2.49. The molecule has 0 aliphatic heterocycles. The van der Waals surface area contributed by atoms with Gasteiger partial charge in [0.2, 0.25) is 0 Å². The van der Waals surface area contributed by atoms with Crippen molar-refractivity contribution in [2.75, 3.05) is 0 Å². The molecule has 2 aromatic rings. The second-order valence-electron chi connectivity index (χ2n) is 4.50. The summed E-state index contributed by atoms with van der Waals surface area (Å²) in [6.45, 7) is 3.38. The Morgan fingerprint density at radius 3 is 2.11 bits per heavy atom. The highest BCUT2D eigenvalue weighted by Crippen LogP contribution is 2.32. The Labute approximate surface area is 124 Å². The molecule has 1 unspecified atom stereocenters. The van der Waals surface area contributed by atoms with Gasteiger partial charge in [-0.15, -0.1) is 11.6 Å². The van der Waals surface area contributed by atoms with Crippen LogP contribution in [0.3, 0.4) is 0 Å². The number of hydrogen-bond donors (Lipinski definition) is 0. The standard InChI is InChI=1S/C15H12BrClF2/c1-8-5-11(6-9(2)15(8)19)14(17)10-3-4-12(16)13(18)7-10/h3-7,14H,1-2H3. The van der Waals surface area contributed by atoms with E-state index < -0.39 is 5.38 Å². The molecule has 0 aliphatic carbocycles. The van der Waals surface area contributed by atoms with Crippen LogP contribution in [0.25, 0.3) is 0 Å². The highest BCUT2D eigenvalue weighted by atomic mass is 79.9. The van der Waals surface area contributed by atoms with Gasteiger partial charge in [-0.1, -0.05) is 18.2 Å². The molecule has 0 saturated heterocycles. The molecule has 0 bridgehead atoms. The van der Waals surface area contributed by atoms with Crippen LogP contribution in [-0.4, -0.2) is 0 Å². The van der Waals surface area contributed by atoms with E-state index >= 15 is 0 Å². The maximum absolute atomic E-state index is 13.6. The number of halogens is 4. The minimum atomic E-state index is -0.499. The fraction of sp³-hybridized carbons (Fsp3) is 0.200. The predicted molar refractivity (Wildman–Crippen MR) is 77.7 cm³/mol. The van der Waals surface area contributed by atoms with Gasteiger partial charge in [0, 0.05) is 0 Å². The van der Waals surface area contributed by atoms with Gasteiger partial charge in [-0.2, -0.15) is 0 Å². The highest BCUT2D eigenvalue weighted by molar-refractivity contribution is 9.10. The van der Waals surface area contributed by atoms with Crippen molar-refractivity contribution in [1.29, 1.82) is 0 Å². The lowest BCUT2D eigenvalue weighted by atomic mass is 9.99. The Balaban J connectivity index is 2.43. The van der Waals surface area contributed by atoms with E-state index in [1.807, 2.05) is 0 Å². The summed E-state index contributed by atoms with van der Waals surface area (Å²) in [7, 11) is 0. The lowest BCUT2D eigenvalue weighted by Gasteiger charge is -2.13. The summed E-state index contributed by atoms with van der Waals surface area (Å²) >= 11 is 9.45. The van der Waals surface area contributed by atoms with Gasteiger partial charge in [0.15, 0.2) is 0 Å². The van der Waals surface area contributed by atoms with Crippen molar-refractivity contribution >= 4 is 27.5 Å². The van der Waals surface area contributed by atoms with E-state index in [4.69, 9.17) is 11.6 Å². The minimum absolute atomic E-state index is 0.227. The third-order valence-electron chi connectivity index (χ3n) is 2.99. The van der Waals surface area contributed by atoms with Crippen molar-refractivity contribution in [3.05, 3.63) is 68.7 Å². The van der Waals surface area contributed by atoms with Crippen molar-refractivity contribution in [2.24, 2.45) is 0 Å². The molecule has 0 fully saturated rings. The first-order valence-corrected chi connectivity index (χ1v) is 6.98. The average molecular weight is 346 g/mol. The van der Waals surface area contributed by atoms with E-state index in [0.717, 1.165) is 5.56 Å². The van der Waals surface area contributed by atoms with E-state index in [9.17, 15) is 8.78 Å². The van der Waals surface area contributed by atoms with Gasteiger partial charge in [-0.05, 0) is 64.2 Å². The summed E-state index contributed by atoms with van der Waals surface area (Å²) in [6.07, 6.45) is 0. The first kappa shape index (κ1) is 14.5. The van der Waals surface area contributed by atoms with E-state index in [0.29, 0.717) is 21.2 Å². The zero-order valence-electron chi connectivity index (χ0n) is 10.5. The van der Waals surface area contributed by atoms with Crippen LogP contribution in [0.1, 0.15) is 27.6 Å². The van der Waals surface area contributed by atoms with Gasteiger partial charge in [-0.25, -0.2) is 8.78 Å². The first-order valence-electron chi connectivity index (χ1n) is 5.76. The normalized spacial score (nSPS) is 12.5. The van der Waals surface area contributed by atoms with E-state index in [2.05, 4.69) is 15.9 Å². The maximum Gasteiger partial charge on any atom is 0.137 e. The average Bonchev–Trinajstić information content (AvgIpc) is 2.37. The van der Waals surface area contributed by atoms with Crippen LogP contribution in [-0.2, 0) is 0 Å². The predicted octanol–water partition coefficient (Wildman–Crippen LogP) is 5.67. The highest BCUT2D eigenvalue weighted by Gasteiger charge is 2.15. The fourth-order valence-corrected chi connectivity index (χ4v) is 2.50. The maximum atomic E-state index is 13.6. The SMILES string of the molecule is Cc1cc(C(Cl)c2ccc(Br)c(F)c2)cc(C)c1F. The van der Waals surface area contributed by atoms with Gasteiger partial charge >= 0.3 is 0 Å². The van der Waals surface area contributed by atoms with Gasteiger partial charge in [0.25, 0.3) is 0 Å². The lowest BCUT2D eigenvalue weighted by molar-refractivity contribution is 0.608. The molecule has 0 aromatic heterocycles. The summed E-state index contributed by atoms with van der Waals surface area (Å²) in [6, 6.07) is 8.14. The number of aryl methyl sites for hydroxylation is 2. The number of benzene rings is 2. The molecule has 0 N–H and O–H groups in total. The molecule has 4 heteroatoms. The van der Waals surface area contributed by atoms with Crippen molar-refractivity contribution in [1.82, 2.24) is 0 Å². The van der Waals surface area contributed by atoms with Gasteiger partial charge in [-0.3, -0.25) is 0 Å². The molecule has 0 nitrogen and oxygen atoms in total. The van der Waals surface area contributed by atoms with Crippen molar-refractivity contribution in [3.63, 3.8) is 0 Å². The van der Waals surface area contributed by atoms with Crippen molar-refractivity contribution in [3.8, 4) is 0 Å². The molecule has 0 heterocycles. The van der Waals surface area contributed by atoms with Crippen molar-refractivity contribution < 1.29 is 8.78 Å². The number of alkyl halides is 1. The summed E-state index contributed by atoms with van der Waals surface area (Å²) in [4.78, 5) is 0. The summed E-state index contributed by atoms with van der Waals surface area (Å²) in [5, 5.41) is -0.499. The zero-order valence-corrected chi connectivity index (χ0v) is 12.8. The van der Waals surface area contributed by atoms with Crippen LogP contribution in [0.4, 0.5) is 8.78 Å². The molecule has 19 heavy (non-hydrogen) atoms. The van der Waals surface area contributed by atoms with Crippen LogP contribution in [0.15, 0.2) is 34.8 Å². The van der Waals surface area contributed by atoms with Crippen LogP contribution in [0.2, 0.25) is 0 Å². The fourth-order valence-electron chi connectivity index (χ4n) is 1.99. The Morgan fingerprint density at radius 1 is 1.00 bits per heavy atom. The minimum Gasteiger partial charge on any atom is -0.206 e. The monoisotopic (exact) mass is 344 g/mol. The van der Waals surface area contributed by atoms with E-state index in [1.54, 1.807) is 38.1 Å². The van der Waals surface area contributed by atoms with Gasteiger partial charge in [0.1, 0.15) is 11.6 Å². The third kappa shape index (κ3) is 2.98. The molecule has 0 amide bonds. The summed E-state index contributed by atoms with van der Waals surface area (Å²) < 4.78 is 27.5. The Kier molecular flexibility index (Phi) is 4.26. The first-order chi connectivity index (χ1) is 8.90. The molecular formula is C15H12BrClF2. The molecule has 0 aliphatic rings. The Morgan fingerprint density at radius 2 is 1.58 bits per heavy atom. The van der Waals surface area contributed by atoms with E-state index in [1.165, 1.54) is 6.07 Å². The number of hydrogen-bond acceptors (Lipinski definition) is 0. The quantitative estimate of drug-likeness (QED) is 0.615. The van der Waals surface area contributed by atoms with E-state index in [-0.39, 0.29) is 11.6 Å². The lowest BCUT2D eigenvalue weighted by Crippen LogP contribution is -1.98. The molecule has 0 spiro atoms. The molecule has 0 saturated carbocycles. The number of rotatable bonds is 2. The largest absolute Gasteiger partial charge is 0.206 e. The zero-order chi connectivity index (χ0) is 14.2. The molecule has 0 radical (unpaired) electrons. The molecule has 100 valence electrons. The Bertz CT molecular complexity index is 603. The van der Waals surface area contributed by atoms with Gasteiger partial charge in [0.05, 0.1) is 9.85 Å². The van der Waals surface area contributed by atoms with Crippen LogP contribution in [0.5, 0.6) is 0 Å². The molecular weight excluding hydrogens is 334 g/mol. The molecule has 2 rings (SSSR count). The second kappa shape index (κ2) is 5.59. The third-order valence-corrected chi connectivity index (χ3v) is 4.13. The van der Waals surface area contributed by atoms with Crippen molar-refractivity contribution in [2.45, 2.75) is 19.2 Å². The topological polar surface area (TPSA) is 0 Å². The van der Waals surface area contributed by atoms with Gasteiger partial charge < -0.3 is 0 Å². The van der Waals surface area contributed by atoms with Crippen LogP contribution >= 0.6 is 27.5 Å². The van der Waals surface area contributed by atoms with Crippen LogP contribution in [0, 0.1) is 25.5 Å². The second-order valence-corrected chi connectivity index (χ2v) is 5.80. The molecule has 1 atom stereocenters. The van der Waals surface area contributed by atoms with Crippen LogP contribution < -0.4 is 0 Å². The summed E-state index contributed by atoms with van der Waals surface area (Å²) in [5.74, 6) is -0.590. The Hall–Kier alpha value is -0.930. The smallest absolute Gasteiger partial charge is 0.137 e. The molecule has 2 aromatic carbocycles.